The van der Waals surface area contributed by atoms with Gasteiger partial charge in [0.25, 0.3) is 0 Å². The topological polar surface area (TPSA) is 33.0 Å². The average Bonchev–Trinajstić information content (AvgIpc) is 2.35. The van der Waals surface area contributed by atoms with Gasteiger partial charge >= 0.3 is 0 Å². The third kappa shape index (κ3) is 9.59. The Morgan fingerprint density at radius 3 is 2.24 bits per heavy atom. The van der Waals surface area contributed by atoms with E-state index in [1.807, 2.05) is 26.0 Å². The smallest absolute Gasteiger partial charge is 0.0985 e. The molecule has 0 aliphatic heterocycles. The van der Waals surface area contributed by atoms with E-state index in [4.69, 9.17) is 10.00 Å². The van der Waals surface area contributed by atoms with Crippen molar-refractivity contribution in [3.8, 4) is 6.07 Å². The first-order valence-corrected chi connectivity index (χ1v) is 5.92. The summed E-state index contributed by atoms with van der Waals surface area (Å²) in [5.41, 5.74) is 1.65. The molecule has 0 bridgehead atoms. The molecule has 0 aromatic rings. The maximum absolute atomic E-state index is 8.68. The van der Waals surface area contributed by atoms with Gasteiger partial charge in [-0.1, -0.05) is 20.4 Å². The first-order valence-electron chi connectivity index (χ1n) is 5.92. The molecule has 0 radical (unpaired) electrons. The number of hydrogen-bond donors (Lipinski definition) is 0. The van der Waals surface area contributed by atoms with Crippen molar-refractivity contribution in [2.24, 2.45) is 5.92 Å². The van der Waals surface area contributed by atoms with Gasteiger partial charge in [-0.2, -0.15) is 5.26 Å². The molecule has 2 heteroatoms. The lowest BCUT2D eigenvalue weighted by Crippen LogP contribution is -2.11. The fraction of sp³-hybridized carbons (Fsp3) is 0.533. The molecule has 0 saturated heterocycles. The summed E-state index contributed by atoms with van der Waals surface area (Å²) in [5.74, 6) is 0.439. The highest BCUT2D eigenvalue weighted by Crippen LogP contribution is 2.17. The van der Waals surface area contributed by atoms with Crippen molar-refractivity contribution in [2.45, 2.75) is 40.2 Å². The largest absolute Gasteiger partial charge is 0.374 e. The van der Waals surface area contributed by atoms with E-state index in [9.17, 15) is 0 Å². The first kappa shape index (κ1) is 18.0. The fourth-order valence-corrected chi connectivity index (χ4v) is 1.11. The Hall–Kier alpha value is -1.33. The van der Waals surface area contributed by atoms with E-state index in [1.54, 1.807) is 0 Å². The molecule has 0 N–H and O–H groups in total. The molecule has 0 fully saturated rings. The molecular formula is C15H25NO. The van der Waals surface area contributed by atoms with Crippen LogP contribution in [-0.2, 0) is 4.74 Å². The number of hydrogen-bond acceptors (Lipinski definition) is 2. The van der Waals surface area contributed by atoms with Gasteiger partial charge in [-0.25, -0.2) is 0 Å². The molecule has 0 aromatic carbocycles. The van der Waals surface area contributed by atoms with E-state index < -0.39 is 0 Å². The van der Waals surface area contributed by atoms with Crippen LogP contribution in [0.1, 0.15) is 34.1 Å². The van der Waals surface area contributed by atoms with Crippen molar-refractivity contribution >= 4 is 0 Å². The van der Waals surface area contributed by atoms with Crippen LogP contribution >= 0.6 is 0 Å². The van der Waals surface area contributed by atoms with Crippen LogP contribution in [0.4, 0.5) is 0 Å². The molecular weight excluding hydrogens is 210 g/mol. The second-order valence-corrected chi connectivity index (χ2v) is 4.03. The van der Waals surface area contributed by atoms with Crippen LogP contribution in [-0.4, -0.2) is 12.7 Å². The molecule has 0 saturated carbocycles. The van der Waals surface area contributed by atoms with Crippen LogP contribution in [0.25, 0.3) is 0 Å². The van der Waals surface area contributed by atoms with Gasteiger partial charge in [0.2, 0.25) is 0 Å². The van der Waals surface area contributed by atoms with Gasteiger partial charge in [0, 0.05) is 5.57 Å². The Morgan fingerprint density at radius 2 is 1.88 bits per heavy atom. The van der Waals surface area contributed by atoms with Gasteiger partial charge in [-0.05, 0) is 37.8 Å². The molecule has 2 nitrogen and oxygen atoms in total. The molecule has 96 valence electrons. The predicted molar refractivity (Wildman–Crippen MR) is 74.6 cm³/mol. The second-order valence-electron chi connectivity index (χ2n) is 4.03. The van der Waals surface area contributed by atoms with Crippen molar-refractivity contribution in [1.82, 2.24) is 0 Å². The number of nitriles is 1. The van der Waals surface area contributed by atoms with Gasteiger partial charge < -0.3 is 4.74 Å². The van der Waals surface area contributed by atoms with E-state index >= 15 is 0 Å². The van der Waals surface area contributed by atoms with Crippen LogP contribution in [0.5, 0.6) is 0 Å². The van der Waals surface area contributed by atoms with Crippen molar-refractivity contribution in [1.29, 1.82) is 5.26 Å². The SMILES string of the molecule is C=C.C=C(C#N)/C=C(/COC(C)C)C(C)CC. The minimum atomic E-state index is 0.216. The quantitative estimate of drug-likeness (QED) is 0.391. The molecule has 0 amide bonds. The summed E-state index contributed by atoms with van der Waals surface area (Å²) in [5, 5.41) is 8.68. The Morgan fingerprint density at radius 1 is 1.35 bits per heavy atom. The minimum Gasteiger partial charge on any atom is -0.374 e. The second kappa shape index (κ2) is 11.2. The number of ether oxygens (including phenoxy) is 1. The summed E-state index contributed by atoms with van der Waals surface area (Å²) in [7, 11) is 0. The summed E-state index contributed by atoms with van der Waals surface area (Å²) < 4.78 is 5.55. The zero-order valence-electron chi connectivity index (χ0n) is 11.6. The van der Waals surface area contributed by atoms with Crippen LogP contribution < -0.4 is 0 Å². The highest BCUT2D eigenvalue weighted by Gasteiger charge is 2.08. The van der Waals surface area contributed by atoms with E-state index in [0.29, 0.717) is 18.1 Å². The van der Waals surface area contributed by atoms with Crippen molar-refractivity contribution in [2.75, 3.05) is 6.61 Å². The molecule has 0 rings (SSSR count). The van der Waals surface area contributed by atoms with Crippen LogP contribution in [0.15, 0.2) is 37.0 Å². The van der Waals surface area contributed by atoms with Gasteiger partial charge in [0.1, 0.15) is 0 Å². The van der Waals surface area contributed by atoms with Crippen LogP contribution in [0, 0.1) is 17.2 Å². The molecule has 1 atom stereocenters. The van der Waals surface area contributed by atoms with Gasteiger partial charge in [0.15, 0.2) is 0 Å². The number of allylic oxidation sites excluding steroid dienone is 2. The van der Waals surface area contributed by atoms with E-state index in [2.05, 4.69) is 33.6 Å². The van der Waals surface area contributed by atoms with E-state index in [0.717, 1.165) is 12.0 Å². The van der Waals surface area contributed by atoms with Gasteiger partial charge in [-0.3, -0.25) is 0 Å². The summed E-state index contributed by atoms with van der Waals surface area (Å²) in [6.45, 7) is 18.5. The van der Waals surface area contributed by atoms with Crippen molar-refractivity contribution in [3.63, 3.8) is 0 Å². The van der Waals surface area contributed by atoms with Crippen LogP contribution in [0.3, 0.4) is 0 Å². The van der Waals surface area contributed by atoms with Gasteiger partial charge in [0.05, 0.1) is 18.8 Å². The molecule has 17 heavy (non-hydrogen) atoms. The Balaban J connectivity index is 0. The third-order valence-electron chi connectivity index (χ3n) is 2.33. The average molecular weight is 235 g/mol. The normalized spacial score (nSPS) is 12.4. The van der Waals surface area contributed by atoms with E-state index in [-0.39, 0.29) is 6.10 Å². The zero-order valence-corrected chi connectivity index (χ0v) is 11.6. The van der Waals surface area contributed by atoms with E-state index in [1.165, 1.54) is 0 Å². The molecule has 0 aliphatic rings. The summed E-state index contributed by atoms with van der Waals surface area (Å²) >= 11 is 0. The standard InChI is InChI=1S/C13H21NO.C2H4/c1-6-12(5)13(7-11(4)8-14)9-15-10(2)3;1-2/h7,10,12H,4,6,9H2,1-3,5H3;1-2H2/b13-7-;. The monoisotopic (exact) mass is 235 g/mol. The lowest BCUT2D eigenvalue weighted by molar-refractivity contribution is 0.0927. The highest BCUT2D eigenvalue weighted by atomic mass is 16.5. The maximum atomic E-state index is 8.68. The molecule has 0 aliphatic carbocycles. The summed E-state index contributed by atoms with van der Waals surface area (Å²) in [6.07, 6.45) is 3.11. The predicted octanol–water partition coefficient (Wildman–Crippen LogP) is 4.27. The number of nitrogens with zero attached hydrogens (tertiary/aromatic N) is 1. The Labute approximate surface area is 106 Å². The molecule has 0 aromatic heterocycles. The zero-order chi connectivity index (χ0) is 13.8. The number of rotatable bonds is 6. The lowest BCUT2D eigenvalue weighted by atomic mass is 9.97. The van der Waals surface area contributed by atoms with Crippen molar-refractivity contribution in [3.05, 3.63) is 37.0 Å². The maximum Gasteiger partial charge on any atom is 0.0985 e. The molecule has 0 spiro atoms. The Bertz CT molecular complexity index is 284. The van der Waals surface area contributed by atoms with Crippen LogP contribution in [0.2, 0.25) is 0 Å². The minimum absolute atomic E-state index is 0.216. The molecule has 1 unspecified atom stereocenters. The lowest BCUT2D eigenvalue weighted by Gasteiger charge is -2.16. The Kier molecular flexibility index (Phi) is 11.9. The third-order valence-corrected chi connectivity index (χ3v) is 2.33. The summed E-state index contributed by atoms with van der Waals surface area (Å²) in [4.78, 5) is 0. The summed E-state index contributed by atoms with van der Waals surface area (Å²) in [6, 6.07) is 2.04. The first-order chi connectivity index (χ1) is 8.01. The van der Waals surface area contributed by atoms with Crippen molar-refractivity contribution < 1.29 is 4.74 Å². The highest BCUT2D eigenvalue weighted by molar-refractivity contribution is 5.33. The molecule has 0 heterocycles. The van der Waals surface area contributed by atoms with Gasteiger partial charge in [-0.15, -0.1) is 13.2 Å². The fourth-order valence-electron chi connectivity index (χ4n) is 1.11.